The van der Waals surface area contributed by atoms with E-state index in [1.54, 1.807) is 6.07 Å². The molecule has 0 saturated heterocycles. The number of hydrogen-bond acceptors (Lipinski definition) is 3. The van der Waals surface area contributed by atoms with Crippen molar-refractivity contribution >= 4 is 73.7 Å². The van der Waals surface area contributed by atoms with Crippen LogP contribution in [0.25, 0.3) is 0 Å². The van der Waals surface area contributed by atoms with Crippen LogP contribution < -0.4 is 5.73 Å². The summed E-state index contributed by atoms with van der Waals surface area (Å²) in [4.78, 5) is 10.7. The van der Waals surface area contributed by atoms with Gasteiger partial charge in [-0.15, -0.1) is 0 Å². The molecule has 1 aromatic carbocycles. The maximum absolute atomic E-state index is 10.7. The molecule has 0 fully saturated rings. The van der Waals surface area contributed by atoms with Gasteiger partial charge in [0.2, 0.25) is 0 Å². The summed E-state index contributed by atoms with van der Waals surface area (Å²) in [6.45, 7) is 0. The fourth-order valence-corrected chi connectivity index (χ4v) is 3.68. The molecule has 4 N–H and O–H groups in total. The van der Waals surface area contributed by atoms with Crippen molar-refractivity contribution in [1.29, 1.82) is 0 Å². The Morgan fingerprint density at radius 1 is 1.38 bits per heavy atom. The molecule has 0 heterocycles. The van der Waals surface area contributed by atoms with E-state index in [1.165, 1.54) is 0 Å². The van der Waals surface area contributed by atoms with Gasteiger partial charge in [0.25, 0.3) is 0 Å². The van der Waals surface area contributed by atoms with E-state index in [-0.39, 0.29) is 12.2 Å². The average molecular weight is 559 g/mol. The molecule has 88 valence electrons. The highest BCUT2D eigenvalue weighted by molar-refractivity contribution is 14.1. The van der Waals surface area contributed by atoms with Crippen LogP contribution in [-0.2, 0) is 11.2 Å². The SMILES string of the molecule is NC(Cc1c(I)cc(O)c(I)c1I)C(=O)O. The van der Waals surface area contributed by atoms with Crippen LogP contribution >= 0.6 is 67.8 Å². The first kappa shape index (κ1) is 14.7. The Labute approximate surface area is 133 Å². The smallest absolute Gasteiger partial charge is 0.320 e. The molecule has 0 saturated carbocycles. The quantitative estimate of drug-likeness (QED) is 0.392. The molecule has 0 aliphatic carbocycles. The summed E-state index contributed by atoms with van der Waals surface area (Å²) >= 11 is 6.19. The third-order valence-corrected chi connectivity index (χ3v) is 6.25. The number of rotatable bonds is 3. The number of phenolic OH excluding ortho intramolecular Hbond substituents is 1. The molecule has 0 radical (unpaired) electrons. The second-order valence-corrected chi connectivity index (χ2v) is 6.45. The van der Waals surface area contributed by atoms with E-state index in [1.807, 2.05) is 22.6 Å². The Balaban J connectivity index is 3.14. The van der Waals surface area contributed by atoms with Gasteiger partial charge in [-0.05, 0) is 79.4 Å². The number of phenols is 1. The van der Waals surface area contributed by atoms with Crippen LogP contribution in [-0.4, -0.2) is 22.2 Å². The summed E-state index contributed by atoms with van der Waals surface area (Å²) in [5.74, 6) is -0.809. The molecule has 1 aromatic rings. The van der Waals surface area contributed by atoms with Gasteiger partial charge in [0.05, 0.1) is 3.57 Å². The van der Waals surface area contributed by atoms with Gasteiger partial charge in [0.15, 0.2) is 0 Å². The zero-order valence-electron chi connectivity index (χ0n) is 7.88. The second kappa shape index (κ2) is 6.00. The van der Waals surface area contributed by atoms with Gasteiger partial charge >= 0.3 is 5.97 Å². The number of carboxylic acid groups (broad SMARTS) is 1. The maximum Gasteiger partial charge on any atom is 0.320 e. The molecule has 1 atom stereocenters. The lowest BCUT2D eigenvalue weighted by Gasteiger charge is -2.13. The number of carboxylic acids is 1. The second-order valence-electron chi connectivity index (χ2n) is 3.13. The monoisotopic (exact) mass is 559 g/mol. The minimum Gasteiger partial charge on any atom is -0.507 e. The number of nitrogens with two attached hydrogens (primary N) is 1. The van der Waals surface area contributed by atoms with Crippen LogP contribution in [0, 0.1) is 10.7 Å². The molecular weight excluding hydrogens is 551 g/mol. The Bertz CT molecular complexity index is 436. The lowest BCUT2D eigenvalue weighted by molar-refractivity contribution is -0.138. The van der Waals surface area contributed by atoms with Crippen molar-refractivity contribution in [3.8, 4) is 5.75 Å². The predicted octanol–water partition coefficient (Wildman–Crippen LogP) is 2.16. The lowest BCUT2D eigenvalue weighted by Crippen LogP contribution is -2.32. The number of carbonyl (C=O) groups is 1. The molecule has 1 unspecified atom stereocenters. The first-order chi connectivity index (χ1) is 7.34. The fourth-order valence-electron chi connectivity index (χ4n) is 1.11. The van der Waals surface area contributed by atoms with Gasteiger partial charge in [-0.3, -0.25) is 4.79 Å². The van der Waals surface area contributed by atoms with E-state index in [9.17, 15) is 9.90 Å². The highest BCUT2D eigenvalue weighted by Crippen LogP contribution is 2.32. The van der Waals surface area contributed by atoms with Gasteiger partial charge in [-0.1, -0.05) is 0 Å². The van der Waals surface area contributed by atoms with E-state index >= 15 is 0 Å². The van der Waals surface area contributed by atoms with Crippen molar-refractivity contribution < 1.29 is 15.0 Å². The van der Waals surface area contributed by atoms with Gasteiger partial charge in [0, 0.05) is 13.6 Å². The lowest BCUT2D eigenvalue weighted by atomic mass is 10.1. The predicted molar refractivity (Wildman–Crippen MR) is 85.6 cm³/mol. The zero-order valence-corrected chi connectivity index (χ0v) is 14.3. The Kier molecular flexibility index (Phi) is 5.51. The molecule has 1 rings (SSSR count). The van der Waals surface area contributed by atoms with Crippen molar-refractivity contribution in [2.45, 2.75) is 12.5 Å². The van der Waals surface area contributed by atoms with Crippen molar-refractivity contribution in [3.63, 3.8) is 0 Å². The van der Waals surface area contributed by atoms with Crippen LogP contribution in [0.5, 0.6) is 5.75 Å². The standard InChI is InChI=1S/C9H8I3NO3/c10-4-2-6(14)8(12)7(11)3(4)1-5(13)9(15)16/h2,5,14H,1,13H2,(H,15,16). The van der Waals surface area contributed by atoms with Gasteiger partial charge in [-0.25, -0.2) is 0 Å². The average Bonchev–Trinajstić information content (AvgIpc) is 2.20. The van der Waals surface area contributed by atoms with Crippen LogP contribution in [0.2, 0.25) is 0 Å². The van der Waals surface area contributed by atoms with E-state index < -0.39 is 12.0 Å². The molecule has 0 bridgehead atoms. The molecule has 0 aromatic heterocycles. The Hall–Kier alpha value is 0.640. The maximum atomic E-state index is 10.7. The minimum atomic E-state index is -1.02. The number of aliphatic carboxylic acids is 1. The first-order valence-corrected chi connectivity index (χ1v) is 7.42. The zero-order chi connectivity index (χ0) is 12.5. The number of halogens is 3. The van der Waals surface area contributed by atoms with E-state index in [4.69, 9.17) is 10.8 Å². The summed E-state index contributed by atoms with van der Waals surface area (Å²) in [5.41, 5.74) is 6.38. The van der Waals surface area contributed by atoms with Crippen molar-refractivity contribution in [1.82, 2.24) is 0 Å². The molecule has 4 nitrogen and oxygen atoms in total. The largest absolute Gasteiger partial charge is 0.507 e. The minimum absolute atomic E-state index is 0.210. The Morgan fingerprint density at radius 3 is 2.44 bits per heavy atom. The molecule has 16 heavy (non-hydrogen) atoms. The van der Waals surface area contributed by atoms with Gasteiger partial charge < -0.3 is 15.9 Å². The third-order valence-electron chi connectivity index (χ3n) is 1.98. The first-order valence-electron chi connectivity index (χ1n) is 4.18. The highest BCUT2D eigenvalue weighted by Gasteiger charge is 2.19. The van der Waals surface area contributed by atoms with Gasteiger partial charge in [0.1, 0.15) is 11.8 Å². The van der Waals surface area contributed by atoms with Crippen molar-refractivity contribution in [2.75, 3.05) is 0 Å². The fraction of sp³-hybridized carbons (Fsp3) is 0.222. The van der Waals surface area contributed by atoms with Gasteiger partial charge in [-0.2, -0.15) is 0 Å². The summed E-state index contributed by atoms with van der Waals surface area (Å²) in [6, 6.07) is 0.705. The van der Waals surface area contributed by atoms with Crippen LogP contribution in [0.4, 0.5) is 0 Å². The molecule has 0 amide bonds. The number of hydrogen-bond donors (Lipinski definition) is 3. The molecule has 7 heteroatoms. The van der Waals surface area contributed by atoms with Crippen LogP contribution in [0.3, 0.4) is 0 Å². The number of benzene rings is 1. The topological polar surface area (TPSA) is 83.5 Å². The van der Waals surface area contributed by atoms with Crippen molar-refractivity contribution in [2.24, 2.45) is 5.73 Å². The summed E-state index contributed by atoms with van der Waals surface area (Å²) in [7, 11) is 0. The van der Waals surface area contributed by atoms with E-state index in [0.29, 0.717) is 0 Å². The molecule has 0 spiro atoms. The highest BCUT2D eigenvalue weighted by atomic mass is 127. The Morgan fingerprint density at radius 2 is 1.94 bits per heavy atom. The van der Waals surface area contributed by atoms with E-state index in [2.05, 4.69) is 45.2 Å². The molecule has 0 aliphatic rings. The molecule has 0 aliphatic heterocycles. The van der Waals surface area contributed by atoms with E-state index in [0.717, 1.165) is 16.3 Å². The third kappa shape index (κ3) is 3.32. The normalized spacial score (nSPS) is 12.5. The van der Waals surface area contributed by atoms with Crippen LogP contribution in [0.1, 0.15) is 5.56 Å². The summed E-state index contributed by atoms with van der Waals surface area (Å²) < 4.78 is 2.42. The van der Waals surface area contributed by atoms with Crippen molar-refractivity contribution in [3.05, 3.63) is 22.3 Å². The van der Waals surface area contributed by atoms with Crippen LogP contribution in [0.15, 0.2) is 6.07 Å². The molecular formula is C9H8I3NO3. The number of aromatic hydroxyl groups is 1. The summed E-state index contributed by atoms with van der Waals surface area (Å²) in [6.07, 6.45) is 0.266. The summed E-state index contributed by atoms with van der Waals surface area (Å²) in [5, 5.41) is 18.4.